The molecule has 0 radical (unpaired) electrons. The monoisotopic (exact) mass is 259 g/mol. The number of hydrogen-bond donors (Lipinski definition) is 1. The van der Waals surface area contributed by atoms with Crippen LogP contribution in [0.1, 0.15) is 32.6 Å². The molecule has 0 aromatic rings. The van der Waals surface area contributed by atoms with Gasteiger partial charge in [-0.05, 0) is 19.8 Å². The number of aliphatic hydroxyl groups is 1. The highest BCUT2D eigenvalue weighted by molar-refractivity contribution is 5.77. The lowest BCUT2D eigenvalue weighted by molar-refractivity contribution is -0.141. The van der Waals surface area contributed by atoms with Crippen molar-refractivity contribution in [2.75, 3.05) is 27.4 Å². The van der Waals surface area contributed by atoms with Crippen LogP contribution < -0.4 is 0 Å². The molecule has 0 unspecified atom stereocenters. The Bertz CT molecular complexity index is 259. The number of amides is 1. The van der Waals surface area contributed by atoms with E-state index < -0.39 is 6.10 Å². The van der Waals surface area contributed by atoms with Crippen molar-refractivity contribution in [3.63, 3.8) is 0 Å². The van der Waals surface area contributed by atoms with Crippen molar-refractivity contribution in [1.82, 2.24) is 4.90 Å². The number of rotatable bonds is 5. The zero-order valence-corrected chi connectivity index (χ0v) is 11.6. The van der Waals surface area contributed by atoms with E-state index in [4.69, 9.17) is 9.47 Å². The number of likely N-dealkylation sites (N-methyl/N-ethyl adjacent to an activating group) is 1. The molecule has 0 aromatic heterocycles. The van der Waals surface area contributed by atoms with Gasteiger partial charge < -0.3 is 19.5 Å². The van der Waals surface area contributed by atoms with Crippen LogP contribution in [0.25, 0.3) is 0 Å². The van der Waals surface area contributed by atoms with Crippen LogP contribution >= 0.6 is 0 Å². The van der Waals surface area contributed by atoms with Crippen LogP contribution in [0.5, 0.6) is 0 Å². The van der Waals surface area contributed by atoms with Crippen molar-refractivity contribution in [3.8, 4) is 0 Å². The molecule has 0 saturated heterocycles. The summed E-state index contributed by atoms with van der Waals surface area (Å²) >= 11 is 0. The molecular weight excluding hydrogens is 234 g/mol. The molecule has 1 fully saturated rings. The van der Waals surface area contributed by atoms with E-state index in [1.54, 1.807) is 19.1 Å². The molecule has 3 atom stereocenters. The van der Waals surface area contributed by atoms with E-state index in [-0.39, 0.29) is 24.7 Å². The Labute approximate surface area is 109 Å². The van der Waals surface area contributed by atoms with Gasteiger partial charge in [-0.3, -0.25) is 4.79 Å². The van der Waals surface area contributed by atoms with E-state index in [0.29, 0.717) is 6.61 Å². The SMILES string of the molecule is CCOCC(=O)N(C)[C@@H]1CCCC[C@@H](OC)[C@@H]1O. The zero-order valence-electron chi connectivity index (χ0n) is 11.6. The topological polar surface area (TPSA) is 59.0 Å². The summed E-state index contributed by atoms with van der Waals surface area (Å²) in [5, 5.41) is 10.3. The lowest BCUT2D eigenvalue weighted by atomic mass is 10.0. The van der Waals surface area contributed by atoms with Crippen LogP contribution in [0, 0.1) is 0 Å². The van der Waals surface area contributed by atoms with Gasteiger partial charge in [0.25, 0.3) is 0 Å². The smallest absolute Gasteiger partial charge is 0.248 e. The van der Waals surface area contributed by atoms with E-state index in [0.717, 1.165) is 25.7 Å². The standard InChI is InChI=1S/C13H25NO4/c1-4-18-9-12(15)14(2)10-7-5-6-8-11(17-3)13(10)16/h10-11,13,16H,4-9H2,1-3H3/t10-,11-,13-/m1/s1. The largest absolute Gasteiger partial charge is 0.388 e. The highest BCUT2D eigenvalue weighted by Gasteiger charge is 2.34. The summed E-state index contributed by atoms with van der Waals surface area (Å²) in [5.74, 6) is -0.0855. The van der Waals surface area contributed by atoms with Crippen LogP contribution in [0.15, 0.2) is 0 Å². The maximum Gasteiger partial charge on any atom is 0.248 e. The second-order valence-corrected chi connectivity index (χ2v) is 4.76. The second-order valence-electron chi connectivity index (χ2n) is 4.76. The lowest BCUT2D eigenvalue weighted by Crippen LogP contribution is -2.49. The van der Waals surface area contributed by atoms with Gasteiger partial charge in [0.2, 0.25) is 5.91 Å². The zero-order chi connectivity index (χ0) is 13.5. The predicted molar refractivity (Wildman–Crippen MR) is 68.3 cm³/mol. The van der Waals surface area contributed by atoms with Crippen molar-refractivity contribution >= 4 is 5.91 Å². The number of methoxy groups -OCH3 is 1. The van der Waals surface area contributed by atoms with Gasteiger partial charge in [-0.15, -0.1) is 0 Å². The minimum Gasteiger partial charge on any atom is -0.388 e. The fourth-order valence-corrected chi connectivity index (χ4v) is 2.44. The first-order chi connectivity index (χ1) is 8.61. The van der Waals surface area contributed by atoms with Crippen LogP contribution in [0.3, 0.4) is 0 Å². The third-order valence-electron chi connectivity index (χ3n) is 3.64. The molecule has 106 valence electrons. The van der Waals surface area contributed by atoms with E-state index in [9.17, 15) is 9.90 Å². The molecule has 1 saturated carbocycles. The number of nitrogens with zero attached hydrogens (tertiary/aromatic N) is 1. The molecule has 1 amide bonds. The molecule has 0 spiro atoms. The van der Waals surface area contributed by atoms with Crippen LogP contribution in [0.2, 0.25) is 0 Å². The normalized spacial score (nSPS) is 28.8. The fraction of sp³-hybridized carbons (Fsp3) is 0.923. The van der Waals surface area contributed by atoms with Crippen molar-refractivity contribution in [2.45, 2.75) is 50.9 Å². The number of aliphatic hydroxyl groups excluding tert-OH is 1. The Balaban J connectivity index is 2.63. The van der Waals surface area contributed by atoms with Gasteiger partial charge in [0.15, 0.2) is 0 Å². The maximum absolute atomic E-state index is 11.9. The molecule has 1 N–H and O–H groups in total. The Morgan fingerprint density at radius 1 is 1.39 bits per heavy atom. The maximum atomic E-state index is 11.9. The molecule has 0 aromatic carbocycles. The Kier molecular flexibility index (Phi) is 6.60. The Hall–Kier alpha value is -0.650. The summed E-state index contributed by atoms with van der Waals surface area (Å²) in [6.45, 7) is 2.45. The third-order valence-corrected chi connectivity index (χ3v) is 3.64. The molecule has 1 aliphatic rings. The van der Waals surface area contributed by atoms with Crippen LogP contribution in [-0.4, -0.2) is 61.5 Å². The third kappa shape index (κ3) is 3.93. The molecule has 5 nitrogen and oxygen atoms in total. The van der Waals surface area contributed by atoms with Gasteiger partial charge in [0.1, 0.15) is 12.7 Å². The van der Waals surface area contributed by atoms with Gasteiger partial charge in [0.05, 0.1) is 12.1 Å². The Morgan fingerprint density at radius 3 is 2.67 bits per heavy atom. The minimum atomic E-state index is -0.618. The van der Waals surface area contributed by atoms with Crippen LogP contribution in [0.4, 0.5) is 0 Å². The van der Waals surface area contributed by atoms with Crippen molar-refractivity contribution in [1.29, 1.82) is 0 Å². The number of ether oxygens (including phenoxy) is 2. The molecule has 18 heavy (non-hydrogen) atoms. The first kappa shape index (κ1) is 15.4. The van der Waals surface area contributed by atoms with Crippen molar-refractivity contribution in [3.05, 3.63) is 0 Å². The lowest BCUT2D eigenvalue weighted by Gasteiger charge is -2.33. The van der Waals surface area contributed by atoms with E-state index >= 15 is 0 Å². The average molecular weight is 259 g/mol. The molecular formula is C13H25NO4. The number of carbonyl (C=O) groups excluding carboxylic acids is 1. The quantitative estimate of drug-likeness (QED) is 0.742. The van der Waals surface area contributed by atoms with Gasteiger partial charge in [-0.2, -0.15) is 0 Å². The molecule has 0 heterocycles. The number of hydrogen-bond acceptors (Lipinski definition) is 4. The van der Waals surface area contributed by atoms with Crippen LogP contribution in [-0.2, 0) is 14.3 Å². The highest BCUT2D eigenvalue weighted by atomic mass is 16.5. The number of carbonyl (C=O) groups is 1. The summed E-state index contributed by atoms with van der Waals surface area (Å²) in [4.78, 5) is 13.5. The Morgan fingerprint density at radius 2 is 2.06 bits per heavy atom. The van der Waals surface area contributed by atoms with Gasteiger partial charge in [-0.1, -0.05) is 12.8 Å². The second kappa shape index (κ2) is 7.71. The first-order valence-electron chi connectivity index (χ1n) is 6.66. The van der Waals surface area contributed by atoms with Gasteiger partial charge in [0, 0.05) is 20.8 Å². The highest BCUT2D eigenvalue weighted by Crippen LogP contribution is 2.24. The average Bonchev–Trinajstić information content (AvgIpc) is 2.56. The molecule has 1 rings (SSSR count). The van der Waals surface area contributed by atoms with E-state index in [1.807, 2.05) is 6.92 Å². The van der Waals surface area contributed by atoms with Crippen molar-refractivity contribution < 1.29 is 19.4 Å². The predicted octanol–water partition coefficient (Wildman–Crippen LogP) is 0.800. The van der Waals surface area contributed by atoms with E-state index in [1.165, 1.54) is 0 Å². The summed E-state index contributed by atoms with van der Waals surface area (Å²) in [7, 11) is 3.34. The fourth-order valence-electron chi connectivity index (χ4n) is 2.44. The van der Waals surface area contributed by atoms with Crippen molar-refractivity contribution in [2.24, 2.45) is 0 Å². The summed E-state index contributed by atoms with van der Waals surface area (Å²) in [6, 6.07) is -0.176. The van der Waals surface area contributed by atoms with Gasteiger partial charge in [-0.25, -0.2) is 0 Å². The summed E-state index contributed by atoms with van der Waals surface area (Å²) in [5.41, 5.74) is 0. The molecule has 0 aliphatic heterocycles. The summed E-state index contributed by atoms with van der Waals surface area (Å²) < 4.78 is 10.4. The summed E-state index contributed by atoms with van der Waals surface area (Å²) in [6.07, 6.45) is 2.90. The molecule has 5 heteroatoms. The first-order valence-corrected chi connectivity index (χ1v) is 6.66. The molecule has 0 bridgehead atoms. The van der Waals surface area contributed by atoms with Gasteiger partial charge >= 0.3 is 0 Å². The van der Waals surface area contributed by atoms with E-state index in [2.05, 4.69) is 0 Å². The molecule has 1 aliphatic carbocycles. The minimum absolute atomic E-state index is 0.0773.